The zero-order valence-electron chi connectivity index (χ0n) is 27.9. The fourth-order valence-corrected chi connectivity index (χ4v) is 9.18. The van der Waals surface area contributed by atoms with E-state index in [1.807, 2.05) is 29.5 Å². The minimum Gasteiger partial charge on any atom is -0.456 e. The minimum atomic E-state index is 0.833. The van der Waals surface area contributed by atoms with Crippen molar-refractivity contribution >= 4 is 92.4 Å². The number of furan rings is 2. The molecule has 11 aromatic rings. The summed E-state index contributed by atoms with van der Waals surface area (Å²) in [5.74, 6) is 0. The van der Waals surface area contributed by atoms with Crippen molar-refractivity contribution in [2.24, 2.45) is 0 Å². The lowest BCUT2D eigenvalue weighted by Gasteiger charge is -2.28. The van der Waals surface area contributed by atoms with Gasteiger partial charge in [-0.2, -0.15) is 0 Å². The van der Waals surface area contributed by atoms with E-state index < -0.39 is 0 Å². The van der Waals surface area contributed by atoms with E-state index in [0.29, 0.717) is 0 Å². The van der Waals surface area contributed by atoms with Crippen LogP contribution in [0.5, 0.6) is 0 Å². The molecule has 244 valence electrons. The van der Waals surface area contributed by atoms with Gasteiger partial charge in [0.1, 0.15) is 16.7 Å². The summed E-state index contributed by atoms with van der Waals surface area (Å²) in [5.41, 5.74) is 11.1. The SMILES string of the molecule is c1ccc(-c2ccc(N(c3ccccc3)c3c(-c4cccc5c4sc4ccccc45)ccc4c3oc3ccc5oc6ccccc6c5c34)cc2)cc1. The molecule has 0 atom stereocenters. The highest BCUT2D eigenvalue weighted by Crippen LogP contribution is 2.51. The molecule has 52 heavy (non-hydrogen) atoms. The van der Waals surface area contributed by atoms with E-state index >= 15 is 0 Å². The Bertz CT molecular complexity index is 3120. The Morgan fingerprint density at radius 2 is 1.02 bits per heavy atom. The van der Waals surface area contributed by atoms with Gasteiger partial charge in [-0.1, -0.05) is 121 Å². The summed E-state index contributed by atoms with van der Waals surface area (Å²) in [6.45, 7) is 0. The van der Waals surface area contributed by atoms with E-state index in [4.69, 9.17) is 8.83 Å². The topological polar surface area (TPSA) is 29.5 Å². The molecule has 0 unspecified atom stereocenters. The standard InChI is InChI=1S/C48H29NO2S/c1-3-12-30(13-4-1)31-22-24-33(25-23-31)49(32-14-5-2-6-15-32)46-35(37-19-11-18-36-34-16-8-10-21-43(34)52-48(36)37)26-27-39-45-42(51-47(39)46)29-28-41-44(45)38-17-7-9-20-40(38)50-41/h1-29H. The summed E-state index contributed by atoms with van der Waals surface area (Å²) in [4.78, 5) is 2.37. The Kier molecular flexibility index (Phi) is 6.42. The van der Waals surface area contributed by atoms with Gasteiger partial charge >= 0.3 is 0 Å². The lowest BCUT2D eigenvalue weighted by Crippen LogP contribution is -2.11. The second-order valence-electron chi connectivity index (χ2n) is 13.2. The third-order valence-electron chi connectivity index (χ3n) is 10.3. The van der Waals surface area contributed by atoms with Crippen molar-refractivity contribution in [3.63, 3.8) is 0 Å². The smallest absolute Gasteiger partial charge is 0.160 e. The molecule has 3 nitrogen and oxygen atoms in total. The van der Waals surface area contributed by atoms with Crippen LogP contribution in [0.1, 0.15) is 0 Å². The van der Waals surface area contributed by atoms with Gasteiger partial charge in [-0.25, -0.2) is 0 Å². The van der Waals surface area contributed by atoms with Gasteiger partial charge in [-0.15, -0.1) is 11.3 Å². The zero-order chi connectivity index (χ0) is 34.2. The van der Waals surface area contributed by atoms with Gasteiger partial charge in [0.25, 0.3) is 0 Å². The average Bonchev–Trinajstić information content (AvgIpc) is 3.90. The van der Waals surface area contributed by atoms with Gasteiger partial charge < -0.3 is 13.7 Å². The predicted molar refractivity (Wildman–Crippen MR) is 219 cm³/mol. The molecule has 0 bridgehead atoms. The van der Waals surface area contributed by atoms with Crippen LogP contribution in [0, 0.1) is 0 Å². The normalized spacial score (nSPS) is 11.8. The van der Waals surface area contributed by atoms with Crippen LogP contribution in [-0.4, -0.2) is 0 Å². The van der Waals surface area contributed by atoms with E-state index in [1.54, 1.807) is 0 Å². The van der Waals surface area contributed by atoms with Crippen LogP contribution in [0.2, 0.25) is 0 Å². The second kappa shape index (κ2) is 11.5. The maximum atomic E-state index is 7.08. The third-order valence-corrected chi connectivity index (χ3v) is 11.5. The monoisotopic (exact) mass is 683 g/mol. The van der Waals surface area contributed by atoms with Gasteiger partial charge in [0.05, 0.1) is 5.69 Å². The third kappa shape index (κ3) is 4.38. The highest BCUT2D eigenvalue weighted by Gasteiger charge is 2.26. The molecule has 11 rings (SSSR count). The molecule has 0 aliphatic heterocycles. The zero-order valence-corrected chi connectivity index (χ0v) is 28.7. The summed E-state index contributed by atoms with van der Waals surface area (Å²) in [6.07, 6.45) is 0. The number of fused-ring (bicyclic) bond motifs is 10. The number of hydrogen-bond acceptors (Lipinski definition) is 4. The van der Waals surface area contributed by atoms with Crippen LogP contribution in [0.15, 0.2) is 185 Å². The second-order valence-corrected chi connectivity index (χ2v) is 14.3. The molecule has 3 heterocycles. The van der Waals surface area contributed by atoms with E-state index in [9.17, 15) is 0 Å². The van der Waals surface area contributed by atoms with Crippen LogP contribution in [0.3, 0.4) is 0 Å². The lowest BCUT2D eigenvalue weighted by molar-refractivity contribution is 0.663. The molecule has 3 aromatic heterocycles. The number of anilines is 3. The van der Waals surface area contributed by atoms with Gasteiger partial charge in [-0.05, 0) is 65.7 Å². The Balaban J connectivity index is 1.26. The summed E-state index contributed by atoms with van der Waals surface area (Å²) < 4.78 is 16.0. The van der Waals surface area contributed by atoms with Gasteiger partial charge in [-0.3, -0.25) is 0 Å². The molecule has 0 aliphatic rings. The van der Waals surface area contributed by atoms with Gasteiger partial charge in [0.2, 0.25) is 0 Å². The van der Waals surface area contributed by atoms with E-state index in [-0.39, 0.29) is 0 Å². The van der Waals surface area contributed by atoms with E-state index in [0.717, 1.165) is 66.5 Å². The lowest BCUT2D eigenvalue weighted by atomic mass is 9.96. The highest BCUT2D eigenvalue weighted by molar-refractivity contribution is 7.26. The Morgan fingerprint density at radius 1 is 0.385 bits per heavy atom. The summed E-state index contributed by atoms with van der Waals surface area (Å²) >= 11 is 1.85. The molecular formula is C48H29NO2S. The summed E-state index contributed by atoms with van der Waals surface area (Å²) in [6, 6.07) is 62.4. The molecule has 0 N–H and O–H groups in total. The average molecular weight is 684 g/mol. The van der Waals surface area contributed by atoms with Crippen LogP contribution >= 0.6 is 11.3 Å². The number of benzene rings is 8. The molecule has 0 amide bonds. The van der Waals surface area contributed by atoms with Crippen molar-refractivity contribution in [1.82, 2.24) is 0 Å². The first-order chi connectivity index (χ1) is 25.8. The molecule has 0 saturated heterocycles. The van der Waals surface area contributed by atoms with E-state index in [2.05, 4.69) is 163 Å². The number of thiophene rings is 1. The van der Waals surface area contributed by atoms with Crippen molar-refractivity contribution in [3.05, 3.63) is 176 Å². The molecule has 8 aromatic carbocycles. The van der Waals surface area contributed by atoms with Crippen LogP contribution < -0.4 is 4.90 Å². The highest BCUT2D eigenvalue weighted by atomic mass is 32.1. The minimum absolute atomic E-state index is 0.833. The quantitative estimate of drug-likeness (QED) is 0.181. The van der Waals surface area contributed by atoms with Crippen molar-refractivity contribution < 1.29 is 8.83 Å². The number of nitrogens with zero attached hydrogens (tertiary/aromatic N) is 1. The Morgan fingerprint density at radius 3 is 1.85 bits per heavy atom. The van der Waals surface area contributed by atoms with Crippen LogP contribution in [-0.2, 0) is 0 Å². The fourth-order valence-electron chi connectivity index (χ4n) is 7.95. The van der Waals surface area contributed by atoms with Gasteiger partial charge in [0, 0.05) is 64.2 Å². The molecule has 4 heteroatoms. The maximum Gasteiger partial charge on any atom is 0.160 e. The molecule has 0 spiro atoms. The molecule has 0 fully saturated rings. The fraction of sp³-hybridized carbons (Fsp3) is 0. The summed E-state index contributed by atoms with van der Waals surface area (Å²) in [5, 5.41) is 6.83. The van der Waals surface area contributed by atoms with Crippen molar-refractivity contribution in [1.29, 1.82) is 0 Å². The number of rotatable bonds is 5. The molecule has 0 saturated carbocycles. The first-order valence-electron chi connectivity index (χ1n) is 17.5. The van der Waals surface area contributed by atoms with E-state index in [1.165, 1.54) is 36.9 Å². The molecule has 0 aliphatic carbocycles. The predicted octanol–water partition coefficient (Wildman–Crippen LogP) is 14.7. The number of para-hydroxylation sites is 2. The van der Waals surface area contributed by atoms with Crippen molar-refractivity contribution in [2.75, 3.05) is 4.90 Å². The Labute approximate surface area is 303 Å². The first-order valence-corrected chi connectivity index (χ1v) is 18.3. The van der Waals surface area contributed by atoms with Crippen molar-refractivity contribution in [3.8, 4) is 22.3 Å². The van der Waals surface area contributed by atoms with Crippen LogP contribution in [0.25, 0.3) is 86.3 Å². The summed E-state index contributed by atoms with van der Waals surface area (Å²) in [7, 11) is 0. The van der Waals surface area contributed by atoms with Crippen molar-refractivity contribution in [2.45, 2.75) is 0 Å². The maximum absolute atomic E-state index is 7.08. The largest absolute Gasteiger partial charge is 0.456 e. The number of hydrogen-bond donors (Lipinski definition) is 0. The molecular weight excluding hydrogens is 655 g/mol. The Hall–Kier alpha value is -6.62. The molecule has 0 radical (unpaired) electrons. The van der Waals surface area contributed by atoms with Crippen LogP contribution in [0.4, 0.5) is 17.1 Å². The van der Waals surface area contributed by atoms with Gasteiger partial charge in [0.15, 0.2) is 5.58 Å². The first kappa shape index (κ1) is 29.1.